The highest BCUT2D eigenvalue weighted by Crippen LogP contribution is 2.30. The molecule has 0 aliphatic carbocycles. The third kappa shape index (κ3) is 3.58. The highest BCUT2D eigenvalue weighted by Gasteiger charge is 2.33. The first-order valence-electron chi connectivity index (χ1n) is 7.77. The molecule has 2 atom stereocenters. The predicted molar refractivity (Wildman–Crippen MR) is 98.4 cm³/mol. The van der Waals surface area contributed by atoms with E-state index < -0.39 is 24.0 Å². The topological polar surface area (TPSA) is 122 Å². The number of nitrogens with one attached hydrogen (secondary N) is 3. The normalized spacial score (nSPS) is 20.0. The number of hydrogen-bond acceptors (Lipinski definition) is 7. The Morgan fingerprint density at radius 1 is 1.42 bits per heavy atom. The summed E-state index contributed by atoms with van der Waals surface area (Å²) in [5.74, 6) is -0.174. The van der Waals surface area contributed by atoms with Crippen molar-refractivity contribution in [1.82, 2.24) is 25.5 Å². The quantitative estimate of drug-likeness (QED) is 0.632. The van der Waals surface area contributed by atoms with Gasteiger partial charge in [-0.2, -0.15) is 0 Å². The second kappa shape index (κ2) is 7.08. The van der Waals surface area contributed by atoms with E-state index in [1.54, 1.807) is 27.0 Å². The molecule has 0 bridgehead atoms. The lowest BCUT2D eigenvalue weighted by molar-refractivity contribution is -0.128. The number of amides is 4. The van der Waals surface area contributed by atoms with Gasteiger partial charge in [0.05, 0.1) is 21.4 Å². The number of urea groups is 1. The smallest absolute Gasteiger partial charge is 0.321 e. The van der Waals surface area contributed by atoms with Gasteiger partial charge in [0, 0.05) is 7.05 Å². The minimum absolute atomic E-state index is 0.0799. The van der Waals surface area contributed by atoms with Crippen molar-refractivity contribution in [2.24, 2.45) is 7.05 Å². The molecule has 2 aromatic heterocycles. The number of thioether (sulfide) groups is 1. The molecule has 1 aliphatic heterocycles. The number of fused-ring (bicyclic) bond motifs is 1. The predicted octanol–water partition coefficient (Wildman–Crippen LogP) is 0.108. The Morgan fingerprint density at radius 2 is 2.15 bits per heavy atom. The Balaban J connectivity index is 1.65. The summed E-state index contributed by atoms with van der Waals surface area (Å²) in [5, 5.41) is 7.79. The van der Waals surface area contributed by atoms with E-state index in [2.05, 4.69) is 20.9 Å². The van der Waals surface area contributed by atoms with Crippen molar-refractivity contribution in [3.8, 4) is 0 Å². The van der Waals surface area contributed by atoms with E-state index in [-0.39, 0.29) is 17.2 Å². The van der Waals surface area contributed by atoms with Crippen molar-refractivity contribution < 1.29 is 14.4 Å². The van der Waals surface area contributed by atoms with Crippen LogP contribution in [0.25, 0.3) is 10.2 Å². The van der Waals surface area contributed by atoms with Crippen LogP contribution in [0.4, 0.5) is 4.79 Å². The first-order chi connectivity index (χ1) is 12.3. The fourth-order valence-corrected chi connectivity index (χ4v) is 4.51. The van der Waals surface area contributed by atoms with Gasteiger partial charge in [-0.3, -0.25) is 24.3 Å². The molecule has 1 saturated heterocycles. The van der Waals surface area contributed by atoms with Crippen LogP contribution in [0.2, 0.25) is 0 Å². The molecule has 26 heavy (non-hydrogen) atoms. The molecule has 1 aliphatic rings. The largest absolute Gasteiger partial charge is 0.342 e. The molecule has 11 heteroatoms. The molecule has 9 nitrogen and oxygen atoms in total. The van der Waals surface area contributed by atoms with Gasteiger partial charge in [0.1, 0.15) is 16.7 Å². The minimum Gasteiger partial charge on any atom is -0.342 e. The number of carbonyl (C=O) groups is 3. The molecule has 0 aromatic carbocycles. The number of nitrogens with zero attached hydrogens (tertiary/aromatic N) is 2. The Bertz CT molecular complexity index is 967. The monoisotopic (exact) mass is 395 g/mol. The third-order valence-electron chi connectivity index (χ3n) is 4.01. The average Bonchev–Trinajstić information content (AvgIpc) is 2.97. The molecule has 0 spiro atoms. The maximum absolute atomic E-state index is 12.2. The van der Waals surface area contributed by atoms with Crippen LogP contribution in [0.1, 0.15) is 12.7 Å². The first-order valence-corrected chi connectivity index (χ1v) is 9.57. The maximum atomic E-state index is 12.2. The maximum Gasteiger partial charge on any atom is 0.321 e. The molecule has 2 aromatic rings. The summed E-state index contributed by atoms with van der Waals surface area (Å²) in [6.07, 6.45) is 0. The van der Waals surface area contributed by atoms with Crippen LogP contribution >= 0.6 is 23.1 Å². The lowest BCUT2D eigenvalue weighted by Gasteiger charge is -2.29. The molecular weight excluding hydrogens is 378 g/mol. The standard InChI is InChI=1S/C15H17N5O4S2/c1-6-11(12(22)19-15(24)16-6)18-9(21)5-25-10-4-8-13(26-10)17-7(2)20(3)14(8)23/h4,6,11H,5H2,1-3H3,(H,18,21)(H2,16,19,22,24). The second-order valence-electron chi connectivity index (χ2n) is 5.89. The molecule has 3 heterocycles. The summed E-state index contributed by atoms with van der Waals surface area (Å²) in [7, 11) is 1.66. The van der Waals surface area contributed by atoms with Crippen molar-refractivity contribution in [2.45, 2.75) is 30.1 Å². The number of rotatable bonds is 4. The van der Waals surface area contributed by atoms with E-state index >= 15 is 0 Å². The average molecular weight is 395 g/mol. The highest BCUT2D eigenvalue weighted by atomic mass is 32.2. The van der Waals surface area contributed by atoms with Gasteiger partial charge in [-0.15, -0.1) is 23.1 Å². The van der Waals surface area contributed by atoms with Gasteiger partial charge in [0.25, 0.3) is 11.5 Å². The summed E-state index contributed by atoms with van der Waals surface area (Å²) in [6, 6.07) is -0.162. The lowest BCUT2D eigenvalue weighted by Crippen LogP contribution is -2.65. The van der Waals surface area contributed by atoms with Crippen LogP contribution in [0.15, 0.2) is 15.1 Å². The molecule has 2 unspecified atom stereocenters. The zero-order chi connectivity index (χ0) is 19.0. The van der Waals surface area contributed by atoms with Gasteiger partial charge >= 0.3 is 6.03 Å². The fraction of sp³-hybridized carbons (Fsp3) is 0.400. The molecular formula is C15H17N5O4S2. The van der Waals surface area contributed by atoms with Gasteiger partial charge in [-0.25, -0.2) is 9.78 Å². The number of aryl methyl sites for hydroxylation is 1. The van der Waals surface area contributed by atoms with Crippen LogP contribution < -0.4 is 21.5 Å². The van der Waals surface area contributed by atoms with Crippen molar-refractivity contribution >= 4 is 51.2 Å². The number of thiophene rings is 1. The first kappa shape index (κ1) is 18.4. The summed E-state index contributed by atoms with van der Waals surface area (Å²) >= 11 is 2.61. The van der Waals surface area contributed by atoms with Gasteiger partial charge in [-0.05, 0) is 19.9 Å². The zero-order valence-electron chi connectivity index (χ0n) is 14.3. The summed E-state index contributed by atoms with van der Waals surface area (Å²) in [5.41, 5.74) is -0.122. The molecule has 3 rings (SSSR count). The molecule has 4 amide bonds. The SMILES string of the molecule is Cc1nc2sc(SCC(=O)NC3C(=O)NC(=O)NC3C)cc2c(=O)n1C. The molecule has 138 valence electrons. The molecule has 1 fully saturated rings. The van der Waals surface area contributed by atoms with Crippen molar-refractivity contribution in [2.75, 3.05) is 5.75 Å². The Hall–Kier alpha value is -2.40. The Labute approximate surface area is 156 Å². The number of carbonyl (C=O) groups excluding carboxylic acids is 3. The fourth-order valence-electron chi connectivity index (χ4n) is 2.50. The molecule has 3 N–H and O–H groups in total. The second-order valence-corrected chi connectivity index (χ2v) is 8.20. The van der Waals surface area contributed by atoms with E-state index in [1.807, 2.05) is 0 Å². The van der Waals surface area contributed by atoms with Crippen LogP contribution in [-0.2, 0) is 16.6 Å². The van der Waals surface area contributed by atoms with Crippen LogP contribution in [0.3, 0.4) is 0 Å². The van der Waals surface area contributed by atoms with E-state index in [9.17, 15) is 19.2 Å². The third-order valence-corrected chi connectivity index (χ3v) is 6.25. The number of imide groups is 1. The summed E-state index contributed by atoms with van der Waals surface area (Å²) < 4.78 is 2.27. The highest BCUT2D eigenvalue weighted by molar-refractivity contribution is 8.01. The minimum atomic E-state index is -0.820. The van der Waals surface area contributed by atoms with Crippen molar-refractivity contribution in [3.63, 3.8) is 0 Å². The molecule has 0 saturated carbocycles. The Morgan fingerprint density at radius 3 is 2.85 bits per heavy atom. The van der Waals surface area contributed by atoms with Crippen LogP contribution in [0, 0.1) is 6.92 Å². The number of hydrogen-bond donors (Lipinski definition) is 3. The van der Waals surface area contributed by atoms with E-state index in [0.717, 1.165) is 4.21 Å². The van der Waals surface area contributed by atoms with Crippen molar-refractivity contribution in [3.05, 3.63) is 22.2 Å². The lowest BCUT2D eigenvalue weighted by atomic mass is 10.1. The summed E-state index contributed by atoms with van der Waals surface area (Å²) in [6.45, 7) is 3.40. The van der Waals surface area contributed by atoms with Crippen molar-refractivity contribution in [1.29, 1.82) is 0 Å². The Kier molecular flexibility index (Phi) is 5.01. The summed E-state index contributed by atoms with van der Waals surface area (Å²) in [4.78, 5) is 52.4. The van der Waals surface area contributed by atoms with E-state index in [4.69, 9.17) is 0 Å². The molecule has 0 radical (unpaired) electrons. The van der Waals surface area contributed by atoms with Gasteiger partial charge < -0.3 is 10.6 Å². The zero-order valence-corrected chi connectivity index (χ0v) is 15.9. The number of aromatic nitrogens is 2. The van der Waals surface area contributed by atoms with Gasteiger partial charge in [0.15, 0.2) is 0 Å². The van der Waals surface area contributed by atoms with Gasteiger partial charge in [0.2, 0.25) is 5.91 Å². The van der Waals surface area contributed by atoms with Crippen LogP contribution in [-0.4, -0.2) is 45.2 Å². The van der Waals surface area contributed by atoms with E-state index in [1.165, 1.54) is 27.7 Å². The van der Waals surface area contributed by atoms with Gasteiger partial charge in [-0.1, -0.05) is 0 Å². The van der Waals surface area contributed by atoms with E-state index in [0.29, 0.717) is 16.0 Å². The van der Waals surface area contributed by atoms with Crippen LogP contribution in [0.5, 0.6) is 0 Å².